The molecule has 0 radical (unpaired) electrons. The van der Waals surface area contributed by atoms with Gasteiger partial charge in [0, 0.05) is 0 Å². The first-order valence-corrected chi connectivity index (χ1v) is 8.32. The van der Waals surface area contributed by atoms with Gasteiger partial charge in [-0.25, -0.2) is 5.09 Å². The molecule has 20 heavy (non-hydrogen) atoms. The molecule has 0 bridgehead atoms. The topological polar surface area (TPSA) is 64.6 Å². The van der Waals surface area contributed by atoms with Gasteiger partial charge in [0.05, 0.1) is 11.8 Å². The van der Waals surface area contributed by atoms with E-state index in [2.05, 4.69) is 5.09 Å². The van der Waals surface area contributed by atoms with E-state index in [1.165, 1.54) is 0 Å². The molecule has 0 unspecified atom stereocenters. The van der Waals surface area contributed by atoms with Gasteiger partial charge in [-0.15, -0.1) is 0 Å². The molecule has 0 heterocycles. The van der Waals surface area contributed by atoms with E-state index in [-0.39, 0.29) is 18.3 Å². The number of ether oxygens (including phenoxy) is 1. The van der Waals surface area contributed by atoms with E-state index < -0.39 is 13.5 Å². The predicted molar refractivity (Wildman–Crippen MR) is 79.0 cm³/mol. The molecule has 0 spiro atoms. The van der Waals surface area contributed by atoms with Crippen LogP contribution in [0.4, 0.5) is 0 Å². The summed E-state index contributed by atoms with van der Waals surface area (Å²) in [5.74, 6) is 0.0618. The fourth-order valence-corrected chi connectivity index (χ4v) is 2.86. The number of carbonyl (C=O) groups is 1. The molecule has 0 aliphatic carbocycles. The number of carbonyl (C=O) groups excluding carboxylic acids is 1. The Bertz CT molecular complexity index is 473. The Hall–Kier alpha value is -1.32. The van der Waals surface area contributed by atoms with Crippen molar-refractivity contribution in [2.75, 3.05) is 6.54 Å². The molecule has 0 aliphatic rings. The summed E-state index contributed by atoms with van der Waals surface area (Å²) in [7, 11) is -3.16. The number of benzene rings is 1. The summed E-state index contributed by atoms with van der Waals surface area (Å²) in [6, 6.07) is 8.90. The summed E-state index contributed by atoms with van der Waals surface area (Å²) in [5.41, 5.74) is -0.255. The van der Waals surface area contributed by atoms with Gasteiger partial charge in [0.15, 0.2) is 0 Å². The maximum absolute atomic E-state index is 12.7. The van der Waals surface area contributed by atoms with Gasteiger partial charge in [-0.2, -0.15) is 0 Å². The number of hydrogen-bond acceptors (Lipinski definition) is 4. The van der Waals surface area contributed by atoms with Crippen LogP contribution in [0.25, 0.3) is 0 Å². The highest BCUT2D eigenvalue weighted by atomic mass is 31.2. The lowest BCUT2D eigenvalue weighted by Gasteiger charge is -2.23. The van der Waals surface area contributed by atoms with Crippen molar-refractivity contribution in [3.63, 3.8) is 0 Å². The van der Waals surface area contributed by atoms with Crippen LogP contribution in [0.3, 0.4) is 0 Å². The molecule has 1 atom stereocenters. The van der Waals surface area contributed by atoms with Gasteiger partial charge in [0.1, 0.15) is 12.3 Å². The second-order valence-corrected chi connectivity index (χ2v) is 7.69. The Morgan fingerprint density at radius 2 is 1.80 bits per heavy atom. The molecule has 5 nitrogen and oxygen atoms in total. The molecular formula is C14H22NO4P. The van der Waals surface area contributed by atoms with E-state index in [1.54, 1.807) is 52.0 Å². The number of para-hydroxylation sites is 1. The molecular weight excluding hydrogens is 277 g/mol. The maximum Gasteiger partial charge on any atom is 0.320 e. The lowest BCUT2D eigenvalue weighted by Crippen LogP contribution is -2.29. The SMILES string of the molecule is CC(C)OC(=O)CN[P@](=O)(Oc1ccccc1)C(C)C. The van der Waals surface area contributed by atoms with E-state index >= 15 is 0 Å². The molecule has 0 amide bonds. The zero-order chi connectivity index (χ0) is 15.2. The van der Waals surface area contributed by atoms with E-state index in [0.717, 1.165) is 0 Å². The van der Waals surface area contributed by atoms with Crippen molar-refractivity contribution >= 4 is 13.5 Å². The predicted octanol–water partition coefficient (Wildman–Crippen LogP) is 3.21. The third-order valence-corrected chi connectivity index (χ3v) is 4.92. The first kappa shape index (κ1) is 16.7. The third kappa shape index (κ3) is 5.35. The third-order valence-electron chi connectivity index (χ3n) is 2.47. The molecule has 0 saturated carbocycles. The molecule has 112 valence electrons. The van der Waals surface area contributed by atoms with Gasteiger partial charge in [-0.3, -0.25) is 9.36 Å². The molecule has 0 aromatic heterocycles. The number of esters is 1. The second-order valence-electron chi connectivity index (χ2n) is 4.97. The van der Waals surface area contributed by atoms with E-state index in [1.807, 2.05) is 6.07 Å². The van der Waals surface area contributed by atoms with Crippen LogP contribution in [0.1, 0.15) is 27.7 Å². The van der Waals surface area contributed by atoms with Crippen molar-refractivity contribution in [1.29, 1.82) is 0 Å². The minimum Gasteiger partial charge on any atom is -0.462 e. The highest BCUT2D eigenvalue weighted by Gasteiger charge is 2.30. The fourth-order valence-electron chi connectivity index (χ4n) is 1.44. The van der Waals surface area contributed by atoms with Crippen LogP contribution >= 0.6 is 7.52 Å². The summed E-state index contributed by atoms with van der Waals surface area (Å²) in [5, 5.41) is 2.71. The largest absolute Gasteiger partial charge is 0.462 e. The summed E-state index contributed by atoms with van der Waals surface area (Å²) < 4.78 is 23.3. The van der Waals surface area contributed by atoms with Crippen LogP contribution in [0.2, 0.25) is 0 Å². The Morgan fingerprint density at radius 3 is 2.30 bits per heavy atom. The highest BCUT2D eigenvalue weighted by Crippen LogP contribution is 2.47. The van der Waals surface area contributed by atoms with Gasteiger partial charge >= 0.3 is 13.5 Å². The Balaban J connectivity index is 2.68. The van der Waals surface area contributed by atoms with Gasteiger partial charge in [-0.1, -0.05) is 32.0 Å². The fraction of sp³-hybridized carbons (Fsp3) is 0.500. The summed E-state index contributed by atoms with van der Waals surface area (Å²) in [4.78, 5) is 11.5. The second kappa shape index (κ2) is 7.46. The average molecular weight is 299 g/mol. The van der Waals surface area contributed by atoms with Gasteiger partial charge in [0.25, 0.3) is 0 Å². The highest BCUT2D eigenvalue weighted by molar-refractivity contribution is 7.58. The monoisotopic (exact) mass is 299 g/mol. The molecule has 1 N–H and O–H groups in total. The zero-order valence-corrected chi connectivity index (χ0v) is 13.2. The Kier molecular flexibility index (Phi) is 6.24. The Labute approximate surface area is 120 Å². The first-order chi connectivity index (χ1) is 9.33. The van der Waals surface area contributed by atoms with Crippen LogP contribution in [0.15, 0.2) is 30.3 Å². The normalized spacial score (nSPS) is 14.1. The number of rotatable bonds is 7. The van der Waals surface area contributed by atoms with Gasteiger partial charge < -0.3 is 9.26 Å². The Morgan fingerprint density at radius 1 is 1.20 bits per heavy atom. The van der Waals surface area contributed by atoms with Crippen molar-refractivity contribution in [3.05, 3.63) is 30.3 Å². The van der Waals surface area contributed by atoms with Crippen molar-refractivity contribution in [2.45, 2.75) is 39.5 Å². The molecule has 1 aromatic carbocycles. The minimum atomic E-state index is -3.16. The summed E-state index contributed by atoms with van der Waals surface area (Å²) in [6.07, 6.45) is -0.197. The minimum absolute atomic E-state index is 0.138. The van der Waals surface area contributed by atoms with Crippen LogP contribution in [-0.4, -0.2) is 24.3 Å². The molecule has 1 aromatic rings. The van der Waals surface area contributed by atoms with Crippen LogP contribution in [0, 0.1) is 0 Å². The van der Waals surface area contributed by atoms with Crippen molar-refractivity contribution < 1.29 is 18.6 Å². The summed E-state index contributed by atoms with van der Waals surface area (Å²) >= 11 is 0. The van der Waals surface area contributed by atoms with E-state index in [9.17, 15) is 9.36 Å². The molecule has 1 rings (SSSR count). The number of hydrogen-bond donors (Lipinski definition) is 1. The molecule has 0 fully saturated rings. The number of nitrogens with one attached hydrogen (secondary N) is 1. The maximum atomic E-state index is 12.7. The van der Waals surface area contributed by atoms with Gasteiger partial charge in [0.2, 0.25) is 0 Å². The van der Waals surface area contributed by atoms with Crippen molar-refractivity contribution in [1.82, 2.24) is 5.09 Å². The van der Waals surface area contributed by atoms with Crippen LogP contribution in [-0.2, 0) is 14.1 Å². The average Bonchev–Trinajstić information content (AvgIpc) is 2.36. The standard InChI is InChI=1S/C14H22NO4P/c1-11(2)18-14(16)10-15-20(17,12(3)4)19-13-8-6-5-7-9-13/h5-9,11-12H,10H2,1-4H3,(H,15,17)/t20-/m1/s1. The quantitative estimate of drug-likeness (QED) is 0.618. The first-order valence-electron chi connectivity index (χ1n) is 6.62. The zero-order valence-electron chi connectivity index (χ0n) is 12.3. The smallest absolute Gasteiger partial charge is 0.320 e. The van der Waals surface area contributed by atoms with Crippen LogP contribution in [0.5, 0.6) is 5.75 Å². The van der Waals surface area contributed by atoms with E-state index in [4.69, 9.17) is 9.26 Å². The van der Waals surface area contributed by atoms with E-state index in [0.29, 0.717) is 5.75 Å². The molecule has 0 aliphatic heterocycles. The summed E-state index contributed by atoms with van der Waals surface area (Å²) in [6.45, 7) is 6.95. The lowest BCUT2D eigenvalue weighted by atomic mass is 10.3. The lowest BCUT2D eigenvalue weighted by molar-refractivity contribution is -0.145. The van der Waals surface area contributed by atoms with Crippen molar-refractivity contribution in [2.24, 2.45) is 0 Å². The molecule has 0 saturated heterocycles. The van der Waals surface area contributed by atoms with Crippen LogP contribution < -0.4 is 9.61 Å². The van der Waals surface area contributed by atoms with Crippen molar-refractivity contribution in [3.8, 4) is 5.75 Å². The van der Waals surface area contributed by atoms with Gasteiger partial charge in [-0.05, 0) is 26.0 Å². The molecule has 6 heteroatoms.